The third kappa shape index (κ3) is 5.27. The highest BCUT2D eigenvalue weighted by Crippen LogP contribution is 2.33. The summed E-state index contributed by atoms with van der Waals surface area (Å²) in [5.74, 6) is 0. The average molecular weight is 550 g/mol. The average Bonchev–Trinajstić information content (AvgIpc) is 3.23. The lowest BCUT2D eigenvalue weighted by Gasteiger charge is -2.39. The first-order valence-corrected chi connectivity index (χ1v) is 13.4. The molecule has 1 saturated heterocycles. The normalized spacial score (nSPS) is 16.1. The topological polar surface area (TPSA) is 174 Å². The highest BCUT2D eigenvalue weighted by atomic mass is 32.2. The number of hydrogen-bond acceptors (Lipinski definition) is 8. The zero-order valence-electron chi connectivity index (χ0n) is 19.6. The minimum Gasteiger partial charge on any atom is -0.465 e. The number of nitro groups is 1. The summed E-state index contributed by atoms with van der Waals surface area (Å²) in [6, 6.07) is 8.96. The van der Waals surface area contributed by atoms with Gasteiger partial charge in [0.1, 0.15) is 0 Å². The van der Waals surface area contributed by atoms with Crippen LogP contribution in [0.25, 0.3) is 10.2 Å². The number of piperazine rings is 1. The zero-order chi connectivity index (χ0) is 26.9. The Labute approximate surface area is 215 Å². The molecule has 0 radical (unpaired) electrons. The third-order valence-electron chi connectivity index (χ3n) is 6.06. The van der Waals surface area contributed by atoms with E-state index in [-0.39, 0.29) is 38.3 Å². The number of nitro benzene ring substituents is 1. The Morgan fingerprint density at radius 3 is 2.59 bits per heavy atom. The van der Waals surface area contributed by atoms with Crippen LogP contribution in [-0.2, 0) is 10.0 Å². The van der Waals surface area contributed by atoms with Crippen LogP contribution in [0, 0.1) is 17.0 Å². The maximum atomic E-state index is 13.8. The molecule has 2 aromatic carbocycles. The lowest BCUT2D eigenvalue weighted by atomic mass is 10.1. The van der Waals surface area contributed by atoms with Crippen molar-refractivity contribution in [3.63, 3.8) is 0 Å². The summed E-state index contributed by atoms with van der Waals surface area (Å²) >= 11 is 1.35. The second-order valence-electron chi connectivity index (χ2n) is 8.33. The summed E-state index contributed by atoms with van der Waals surface area (Å²) in [5.41, 5.74) is 0.293. The fourth-order valence-corrected chi connectivity index (χ4v) is 6.80. The first-order valence-electron chi connectivity index (χ1n) is 11.1. The number of aromatic nitrogens is 1. The van der Waals surface area contributed by atoms with E-state index in [1.54, 1.807) is 12.1 Å². The molecule has 0 unspecified atom stereocenters. The molecule has 0 aliphatic carbocycles. The van der Waals surface area contributed by atoms with Crippen LogP contribution in [-0.4, -0.2) is 82.7 Å². The summed E-state index contributed by atoms with van der Waals surface area (Å²) in [6.45, 7) is 1.37. The molecule has 1 aliphatic heterocycles. The lowest BCUT2D eigenvalue weighted by Crippen LogP contribution is -2.56. The van der Waals surface area contributed by atoms with Crippen LogP contribution in [0.3, 0.4) is 0 Å². The van der Waals surface area contributed by atoms with Gasteiger partial charge >= 0.3 is 12.2 Å². The van der Waals surface area contributed by atoms with Crippen molar-refractivity contribution >= 4 is 55.1 Å². The van der Waals surface area contributed by atoms with Crippen molar-refractivity contribution in [3.05, 3.63) is 57.6 Å². The van der Waals surface area contributed by atoms with Crippen molar-refractivity contribution < 1.29 is 33.1 Å². The van der Waals surface area contributed by atoms with Crippen LogP contribution in [0.4, 0.5) is 21.0 Å². The summed E-state index contributed by atoms with van der Waals surface area (Å²) in [7, 11) is -4.48. The molecule has 1 fully saturated rings. The molecule has 2 heterocycles. The SMILES string of the molecule is Cc1nc2ccc(N(CC[C@@H]3CN(C(=O)O)CCN3C(=O)O)S(=O)(=O)c3ccccc3[N+](=O)[O-])cc2s1. The van der Waals surface area contributed by atoms with Crippen molar-refractivity contribution in [2.45, 2.75) is 24.3 Å². The van der Waals surface area contributed by atoms with Crippen LogP contribution in [0.1, 0.15) is 11.4 Å². The van der Waals surface area contributed by atoms with Gasteiger partial charge in [0.05, 0.1) is 31.9 Å². The molecule has 1 atom stereocenters. The van der Waals surface area contributed by atoms with Crippen LogP contribution in [0.2, 0.25) is 0 Å². The number of para-hydroxylation sites is 1. The van der Waals surface area contributed by atoms with Gasteiger partial charge in [-0.2, -0.15) is 0 Å². The minimum atomic E-state index is -4.48. The van der Waals surface area contributed by atoms with E-state index in [4.69, 9.17) is 0 Å². The molecule has 2 N–H and O–H groups in total. The van der Waals surface area contributed by atoms with Crippen molar-refractivity contribution in [2.24, 2.45) is 0 Å². The summed E-state index contributed by atoms with van der Waals surface area (Å²) < 4.78 is 29.4. The van der Waals surface area contributed by atoms with Gasteiger partial charge in [0, 0.05) is 32.2 Å². The molecule has 13 nitrogen and oxygen atoms in total. The molecule has 3 aromatic rings. The van der Waals surface area contributed by atoms with E-state index in [0.29, 0.717) is 10.2 Å². The summed E-state index contributed by atoms with van der Waals surface area (Å²) in [4.78, 5) is 40.1. The maximum absolute atomic E-state index is 13.8. The second kappa shape index (κ2) is 10.2. The first kappa shape index (κ1) is 26.1. The maximum Gasteiger partial charge on any atom is 0.407 e. The number of thiazole rings is 1. The number of amides is 2. The Kier molecular flexibility index (Phi) is 7.18. The number of anilines is 1. The Hall–Kier alpha value is -3.98. The fraction of sp³-hybridized carbons (Fsp3) is 0.318. The second-order valence-corrected chi connectivity index (χ2v) is 11.4. The van der Waals surface area contributed by atoms with Crippen molar-refractivity contribution in [1.29, 1.82) is 0 Å². The molecule has 0 spiro atoms. The van der Waals surface area contributed by atoms with Gasteiger partial charge in [-0.05, 0) is 37.6 Å². The molecule has 37 heavy (non-hydrogen) atoms. The lowest BCUT2D eigenvalue weighted by molar-refractivity contribution is -0.387. The van der Waals surface area contributed by atoms with Crippen LogP contribution < -0.4 is 4.31 Å². The Bertz CT molecular complexity index is 1470. The van der Waals surface area contributed by atoms with Crippen molar-refractivity contribution in [1.82, 2.24) is 14.8 Å². The minimum absolute atomic E-state index is 0.00223. The summed E-state index contributed by atoms with van der Waals surface area (Å²) in [6.07, 6.45) is -2.49. The molecule has 15 heteroatoms. The molecular formula is C22H23N5O8S2. The van der Waals surface area contributed by atoms with Gasteiger partial charge in [0.15, 0.2) is 4.90 Å². The monoisotopic (exact) mass is 549 g/mol. The molecule has 1 aromatic heterocycles. The number of benzene rings is 2. The number of rotatable bonds is 7. The molecular weight excluding hydrogens is 526 g/mol. The fourth-order valence-electron chi connectivity index (χ4n) is 4.31. The van der Waals surface area contributed by atoms with E-state index < -0.39 is 43.8 Å². The van der Waals surface area contributed by atoms with E-state index in [2.05, 4.69) is 4.98 Å². The van der Waals surface area contributed by atoms with Gasteiger partial charge in [0.25, 0.3) is 15.7 Å². The van der Waals surface area contributed by atoms with Crippen LogP contribution in [0.15, 0.2) is 47.4 Å². The Morgan fingerprint density at radius 1 is 1.19 bits per heavy atom. The van der Waals surface area contributed by atoms with E-state index in [1.807, 2.05) is 6.92 Å². The molecule has 0 saturated carbocycles. The molecule has 196 valence electrons. The van der Waals surface area contributed by atoms with E-state index in [9.17, 15) is 38.3 Å². The van der Waals surface area contributed by atoms with E-state index >= 15 is 0 Å². The molecule has 0 bridgehead atoms. The van der Waals surface area contributed by atoms with Gasteiger partial charge in [-0.1, -0.05) is 12.1 Å². The van der Waals surface area contributed by atoms with Gasteiger partial charge < -0.3 is 20.0 Å². The van der Waals surface area contributed by atoms with Gasteiger partial charge in [-0.3, -0.25) is 14.4 Å². The van der Waals surface area contributed by atoms with Gasteiger partial charge in [0.2, 0.25) is 0 Å². The van der Waals surface area contributed by atoms with Crippen molar-refractivity contribution in [2.75, 3.05) is 30.5 Å². The predicted octanol–water partition coefficient (Wildman–Crippen LogP) is 3.44. The predicted molar refractivity (Wildman–Crippen MR) is 135 cm³/mol. The Morgan fingerprint density at radius 2 is 1.92 bits per heavy atom. The van der Waals surface area contributed by atoms with Crippen LogP contribution in [0.5, 0.6) is 0 Å². The number of nitrogens with zero attached hydrogens (tertiary/aromatic N) is 5. The smallest absolute Gasteiger partial charge is 0.407 e. The van der Waals surface area contributed by atoms with E-state index in [1.165, 1.54) is 29.5 Å². The number of carboxylic acid groups (broad SMARTS) is 2. The van der Waals surface area contributed by atoms with Gasteiger partial charge in [-0.15, -0.1) is 11.3 Å². The number of fused-ring (bicyclic) bond motifs is 1. The number of carbonyl (C=O) groups is 2. The third-order valence-corrected chi connectivity index (χ3v) is 8.87. The number of sulfonamides is 1. The van der Waals surface area contributed by atoms with Gasteiger partial charge in [-0.25, -0.2) is 23.0 Å². The van der Waals surface area contributed by atoms with Crippen molar-refractivity contribution in [3.8, 4) is 0 Å². The number of aryl methyl sites for hydroxylation is 1. The van der Waals surface area contributed by atoms with E-state index in [0.717, 1.165) is 31.2 Å². The first-order chi connectivity index (χ1) is 17.5. The Balaban J connectivity index is 1.75. The quantitative estimate of drug-likeness (QED) is 0.330. The largest absolute Gasteiger partial charge is 0.465 e. The number of hydrogen-bond donors (Lipinski definition) is 2. The van der Waals surface area contributed by atoms with Crippen LogP contribution >= 0.6 is 11.3 Å². The highest BCUT2D eigenvalue weighted by molar-refractivity contribution is 7.93. The molecule has 2 amide bonds. The highest BCUT2D eigenvalue weighted by Gasteiger charge is 2.36. The molecule has 1 aliphatic rings. The summed E-state index contributed by atoms with van der Waals surface area (Å²) in [5, 5.41) is 31.4. The standard InChI is InChI=1S/C22H23N5O8S2/c1-14-23-17-7-6-15(12-19(17)36-14)26(37(34,35)20-5-3-2-4-18(20)27(32)33)9-8-16-13-24(21(28)29)10-11-25(16)22(30)31/h2-7,12,16H,8-11,13H2,1H3,(H,28,29)(H,30,31)/t16-/m1/s1. The molecule has 4 rings (SSSR count). The zero-order valence-corrected chi connectivity index (χ0v) is 21.2.